The van der Waals surface area contributed by atoms with Gasteiger partial charge in [0.15, 0.2) is 0 Å². The summed E-state index contributed by atoms with van der Waals surface area (Å²) >= 11 is 0. The van der Waals surface area contributed by atoms with Crippen molar-refractivity contribution in [3.63, 3.8) is 0 Å². The zero-order valence-corrected chi connectivity index (χ0v) is 23.0. The lowest BCUT2D eigenvalue weighted by molar-refractivity contribution is -0.137. The maximum absolute atomic E-state index is 13.8. The summed E-state index contributed by atoms with van der Waals surface area (Å²) in [6, 6.07) is 11.5. The number of hydrogen-bond acceptors (Lipinski definition) is 4. The minimum Gasteiger partial charge on any atom is -0.342 e. The lowest BCUT2D eigenvalue weighted by Gasteiger charge is -2.37. The molecule has 0 radical (unpaired) electrons. The van der Waals surface area contributed by atoms with Crippen molar-refractivity contribution in [2.75, 3.05) is 11.9 Å². The van der Waals surface area contributed by atoms with Crippen LogP contribution in [0.15, 0.2) is 53.5 Å². The Morgan fingerprint density at radius 1 is 1.05 bits per heavy atom. The van der Waals surface area contributed by atoms with Gasteiger partial charge in [0.05, 0.1) is 17.0 Å². The second-order valence-electron chi connectivity index (χ2n) is 11.0. The fraction of sp³-hybridized carbons (Fsp3) is 0.467. The van der Waals surface area contributed by atoms with Crippen LogP contribution in [0.25, 0.3) is 0 Å². The molecule has 2 aromatic carbocycles. The molecule has 3 amide bonds. The minimum atomic E-state index is -4.50. The molecule has 214 valence electrons. The summed E-state index contributed by atoms with van der Waals surface area (Å²) in [5, 5.41) is 5.75. The van der Waals surface area contributed by atoms with Crippen LogP contribution in [0.4, 0.5) is 18.9 Å². The lowest BCUT2D eigenvalue weighted by Crippen LogP contribution is -2.62. The summed E-state index contributed by atoms with van der Waals surface area (Å²) in [5.41, 5.74) is -0.247. The maximum atomic E-state index is 13.8. The third-order valence-electron chi connectivity index (χ3n) is 7.57. The maximum Gasteiger partial charge on any atom is 0.416 e. The van der Waals surface area contributed by atoms with Gasteiger partial charge in [0.2, 0.25) is 18.0 Å². The predicted octanol–water partition coefficient (Wildman–Crippen LogP) is 5.22. The Hall–Kier alpha value is -3.69. The molecule has 2 N–H and O–H groups in total. The van der Waals surface area contributed by atoms with E-state index in [1.165, 1.54) is 17.0 Å². The monoisotopic (exact) mass is 556 g/mol. The van der Waals surface area contributed by atoms with Crippen molar-refractivity contribution in [3.05, 3.63) is 65.2 Å². The smallest absolute Gasteiger partial charge is 0.342 e. The highest BCUT2D eigenvalue weighted by atomic mass is 19.4. The first-order chi connectivity index (χ1) is 18.9. The molecule has 1 fully saturated rings. The Kier molecular flexibility index (Phi) is 8.65. The fourth-order valence-corrected chi connectivity index (χ4v) is 5.24. The second kappa shape index (κ2) is 11.8. The van der Waals surface area contributed by atoms with E-state index in [1.54, 1.807) is 31.3 Å². The number of alkyl halides is 3. The van der Waals surface area contributed by atoms with Crippen LogP contribution in [0.3, 0.4) is 0 Å². The first-order valence-corrected chi connectivity index (χ1v) is 13.7. The Morgan fingerprint density at radius 2 is 1.70 bits per heavy atom. The van der Waals surface area contributed by atoms with Crippen molar-refractivity contribution in [3.8, 4) is 0 Å². The summed E-state index contributed by atoms with van der Waals surface area (Å²) in [6.07, 6.45) is -1.52. The largest absolute Gasteiger partial charge is 0.416 e. The zero-order chi connectivity index (χ0) is 29.1. The number of rotatable bonds is 7. The summed E-state index contributed by atoms with van der Waals surface area (Å²) in [5.74, 6) is -0.866. The zero-order valence-electron chi connectivity index (χ0n) is 23.0. The Labute approximate surface area is 232 Å². The summed E-state index contributed by atoms with van der Waals surface area (Å²) in [7, 11) is 1.57. The highest BCUT2D eigenvalue weighted by molar-refractivity contribution is 6.20. The van der Waals surface area contributed by atoms with Crippen molar-refractivity contribution in [2.24, 2.45) is 10.9 Å². The van der Waals surface area contributed by atoms with Crippen LogP contribution in [0.2, 0.25) is 0 Å². The van der Waals surface area contributed by atoms with Crippen molar-refractivity contribution in [2.45, 2.75) is 76.7 Å². The molecule has 1 heterocycles. The number of nitrogens with one attached hydrogen (secondary N) is 2. The number of hydrogen-bond donors (Lipinski definition) is 2. The van der Waals surface area contributed by atoms with E-state index in [1.807, 2.05) is 13.8 Å². The summed E-state index contributed by atoms with van der Waals surface area (Å²) in [6.45, 7) is 4.05. The molecular weight excluding hydrogens is 521 g/mol. The number of aliphatic imine (C=N–C) groups is 1. The van der Waals surface area contributed by atoms with Gasteiger partial charge in [-0.15, -0.1) is 0 Å². The molecular formula is C30H35F3N4O3. The molecule has 1 unspecified atom stereocenters. The lowest BCUT2D eigenvalue weighted by atomic mass is 9.80. The molecule has 40 heavy (non-hydrogen) atoms. The minimum absolute atomic E-state index is 0.212. The van der Waals surface area contributed by atoms with Crippen LogP contribution in [0, 0.1) is 5.92 Å². The van der Waals surface area contributed by atoms with E-state index in [-0.39, 0.29) is 11.6 Å². The first kappa shape index (κ1) is 29.3. The van der Waals surface area contributed by atoms with Gasteiger partial charge in [0.25, 0.3) is 5.91 Å². The van der Waals surface area contributed by atoms with Crippen LogP contribution in [-0.2, 0) is 20.6 Å². The highest BCUT2D eigenvalue weighted by Gasteiger charge is 2.43. The Balaban J connectivity index is 1.69. The molecule has 2 aromatic rings. The third-order valence-corrected chi connectivity index (χ3v) is 7.57. The summed E-state index contributed by atoms with van der Waals surface area (Å²) in [4.78, 5) is 46.2. The molecule has 1 saturated carbocycles. The van der Waals surface area contributed by atoms with Gasteiger partial charge < -0.3 is 15.5 Å². The van der Waals surface area contributed by atoms with Gasteiger partial charge in [0.1, 0.15) is 5.54 Å². The Morgan fingerprint density at radius 3 is 2.33 bits per heavy atom. The number of amides is 3. The van der Waals surface area contributed by atoms with E-state index in [0.29, 0.717) is 48.4 Å². The van der Waals surface area contributed by atoms with E-state index >= 15 is 0 Å². The van der Waals surface area contributed by atoms with Crippen LogP contribution in [0.1, 0.15) is 75.5 Å². The van der Waals surface area contributed by atoms with E-state index < -0.39 is 35.3 Å². The number of fused-ring (bicyclic) bond motifs is 1. The quantitative estimate of drug-likeness (QED) is 0.490. The van der Waals surface area contributed by atoms with Gasteiger partial charge in [-0.25, -0.2) is 4.99 Å². The van der Waals surface area contributed by atoms with Crippen LogP contribution >= 0.6 is 0 Å². The SMILES string of the molecule is CC(C)CCC(=O)NC1(C(=O)NC2N=C(c3ccc(C(F)(F)F)cc3)c3ccccc3N(C)C2=O)CCCCC1. The molecule has 0 saturated heterocycles. The van der Waals surface area contributed by atoms with Crippen LogP contribution < -0.4 is 15.5 Å². The molecule has 7 nitrogen and oxygen atoms in total. The number of halogens is 3. The highest BCUT2D eigenvalue weighted by Crippen LogP contribution is 2.32. The summed E-state index contributed by atoms with van der Waals surface area (Å²) < 4.78 is 39.6. The molecule has 10 heteroatoms. The number of carbonyl (C=O) groups excluding carboxylic acids is 3. The first-order valence-electron chi connectivity index (χ1n) is 13.7. The average molecular weight is 557 g/mol. The van der Waals surface area contributed by atoms with Crippen molar-refractivity contribution < 1.29 is 27.6 Å². The average Bonchev–Trinajstić information content (AvgIpc) is 3.02. The van der Waals surface area contributed by atoms with Crippen molar-refractivity contribution in [1.82, 2.24) is 10.6 Å². The number of benzodiazepines with no additional fused rings is 1. The van der Waals surface area contributed by atoms with Crippen molar-refractivity contribution >= 4 is 29.1 Å². The molecule has 4 rings (SSSR count). The van der Waals surface area contributed by atoms with E-state index in [4.69, 9.17) is 0 Å². The second-order valence-corrected chi connectivity index (χ2v) is 11.0. The van der Waals surface area contributed by atoms with E-state index in [9.17, 15) is 27.6 Å². The van der Waals surface area contributed by atoms with Gasteiger partial charge in [0, 0.05) is 24.6 Å². The third kappa shape index (κ3) is 6.37. The number of nitrogens with zero attached hydrogens (tertiary/aromatic N) is 2. The van der Waals surface area contributed by atoms with Gasteiger partial charge in [-0.1, -0.05) is 63.4 Å². The number of likely N-dealkylation sites (N-methyl/N-ethyl adjacent to an activating group) is 1. The standard InChI is InChI=1S/C30H35F3N4O3/c1-19(2)11-16-24(38)36-29(17-7-4-8-18-29)28(40)35-26-27(39)37(3)23-10-6-5-9-22(23)25(34-26)20-12-14-21(15-13-20)30(31,32)33/h5-6,9-10,12-15,19,26H,4,7-8,11,16-18H2,1-3H3,(H,35,40)(H,36,38). The number of benzene rings is 2. The van der Waals surface area contributed by atoms with Crippen molar-refractivity contribution in [1.29, 1.82) is 0 Å². The molecule has 1 atom stereocenters. The number of anilines is 1. The molecule has 0 aromatic heterocycles. The molecule has 0 bridgehead atoms. The van der Waals surface area contributed by atoms with Gasteiger partial charge in [-0.05, 0) is 43.4 Å². The van der Waals surface area contributed by atoms with Gasteiger partial charge >= 0.3 is 6.18 Å². The van der Waals surface area contributed by atoms with Gasteiger partial charge in [-0.3, -0.25) is 14.4 Å². The topological polar surface area (TPSA) is 90.9 Å². The van der Waals surface area contributed by atoms with Crippen LogP contribution in [0.5, 0.6) is 0 Å². The van der Waals surface area contributed by atoms with Gasteiger partial charge in [-0.2, -0.15) is 13.2 Å². The number of para-hydroxylation sites is 1. The van der Waals surface area contributed by atoms with E-state index in [2.05, 4.69) is 15.6 Å². The van der Waals surface area contributed by atoms with Crippen LogP contribution in [-0.4, -0.2) is 42.2 Å². The Bertz CT molecular complexity index is 1280. The van der Waals surface area contributed by atoms with E-state index in [0.717, 1.165) is 31.4 Å². The molecule has 0 spiro atoms. The molecule has 2 aliphatic rings. The predicted molar refractivity (Wildman–Crippen MR) is 147 cm³/mol. The number of carbonyl (C=O) groups is 3. The fourth-order valence-electron chi connectivity index (χ4n) is 5.24. The normalized spacial score (nSPS) is 19.0. The molecule has 1 aliphatic carbocycles. The molecule has 1 aliphatic heterocycles.